The van der Waals surface area contributed by atoms with E-state index in [2.05, 4.69) is 30.3 Å². The number of para-hydroxylation sites is 1. The van der Waals surface area contributed by atoms with E-state index in [0.29, 0.717) is 6.61 Å². The molecule has 0 fully saturated rings. The van der Waals surface area contributed by atoms with Gasteiger partial charge in [-0.05, 0) is 26.5 Å². The maximum atomic E-state index is 6.40. The number of halogens is 1. The normalized spacial score (nSPS) is 10.9. The molecule has 2 aromatic rings. The monoisotopic (exact) mass is 307 g/mol. The molecular weight excluding hydrogens is 286 g/mol. The Labute approximate surface area is 131 Å². The summed E-state index contributed by atoms with van der Waals surface area (Å²) in [5, 5.41) is 8.38. The fraction of sp³-hybridized carbons (Fsp3) is 0.438. The molecular formula is C16H22ClN3O. The van der Waals surface area contributed by atoms with E-state index in [4.69, 9.17) is 16.3 Å². The van der Waals surface area contributed by atoms with Gasteiger partial charge in [-0.15, -0.1) is 0 Å². The van der Waals surface area contributed by atoms with Gasteiger partial charge in [0.2, 0.25) is 0 Å². The minimum Gasteiger partial charge on any atom is -0.487 e. The Bertz CT molecular complexity index is 595. The highest BCUT2D eigenvalue weighted by molar-refractivity contribution is 6.31. The zero-order chi connectivity index (χ0) is 15.2. The summed E-state index contributed by atoms with van der Waals surface area (Å²) in [6.07, 6.45) is 0.829. The molecule has 0 unspecified atom stereocenters. The maximum Gasteiger partial charge on any atom is 0.131 e. The van der Waals surface area contributed by atoms with Crippen molar-refractivity contribution in [1.82, 2.24) is 15.1 Å². The number of nitrogens with zero attached hydrogens (tertiary/aromatic N) is 2. The van der Waals surface area contributed by atoms with Gasteiger partial charge in [0, 0.05) is 18.7 Å². The minimum atomic E-state index is 0.431. The minimum absolute atomic E-state index is 0.431. The quantitative estimate of drug-likeness (QED) is 0.852. The van der Waals surface area contributed by atoms with Gasteiger partial charge in [0.25, 0.3) is 0 Å². The molecule has 4 nitrogen and oxygen atoms in total. The standard InChI is InChI=1S/C16H22ClN3O/c1-4-13-16(17)14(20(5-2)19-13)11-21-15-9-7-6-8-12(15)10-18-3/h6-9,18H,4-5,10-11H2,1-3H3. The van der Waals surface area contributed by atoms with Crippen molar-refractivity contribution >= 4 is 11.6 Å². The van der Waals surface area contributed by atoms with Gasteiger partial charge in [-0.1, -0.05) is 36.7 Å². The van der Waals surface area contributed by atoms with Crippen LogP contribution < -0.4 is 10.1 Å². The third-order valence-corrected chi connectivity index (χ3v) is 3.83. The van der Waals surface area contributed by atoms with Crippen molar-refractivity contribution in [2.75, 3.05) is 7.05 Å². The number of nitrogens with one attached hydrogen (secondary N) is 1. The van der Waals surface area contributed by atoms with Crippen LogP contribution in [0.2, 0.25) is 5.02 Å². The highest BCUT2D eigenvalue weighted by Crippen LogP contribution is 2.25. The Balaban J connectivity index is 2.18. The van der Waals surface area contributed by atoms with E-state index in [1.807, 2.05) is 29.9 Å². The fourth-order valence-electron chi connectivity index (χ4n) is 2.28. The van der Waals surface area contributed by atoms with Crippen LogP contribution in [0.25, 0.3) is 0 Å². The first kappa shape index (κ1) is 15.9. The van der Waals surface area contributed by atoms with Crippen LogP contribution in [-0.4, -0.2) is 16.8 Å². The molecule has 21 heavy (non-hydrogen) atoms. The number of benzene rings is 1. The van der Waals surface area contributed by atoms with Crippen molar-refractivity contribution < 1.29 is 4.74 Å². The molecule has 1 aromatic carbocycles. The molecule has 1 N–H and O–H groups in total. The molecule has 1 heterocycles. The first-order valence-corrected chi connectivity index (χ1v) is 7.68. The van der Waals surface area contributed by atoms with Gasteiger partial charge >= 0.3 is 0 Å². The molecule has 0 saturated carbocycles. The predicted molar refractivity (Wildman–Crippen MR) is 85.8 cm³/mol. The van der Waals surface area contributed by atoms with Gasteiger partial charge in [0.15, 0.2) is 0 Å². The molecule has 0 spiro atoms. The lowest BCUT2D eigenvalue weighted by atomic mass is 10.2. The zero-order valence-electron chi connectivity index (χ0n) is 12.8. The number of ether oxygens (including phenoxy) is 1. The van der Waals surface area contributed by atoms with Crippen molar-refractivity contribution in [3.63, 3.8) is 0 Å². The van der Waals surface area contributed by atoms with E-state index in [9.17, 15) is 0 Å². The highest BCUT2D eigenvalue weighted by atomic mass is 35.5. The first-order chi connectivity index (χ1) is 10.2. The van der Waals surface area contributed by atoms with E-state index in [0.717, 1.165) is 47.2 Å². The smallest absolute Gasteiger partial charge is 0.131 e. The fourth-order valence-corrected chi connectivity index (χ4v) is 2.61. The molecule has 0 amide bonds. The Kier molecular flexibility index (Phi) is 5.65. The van der Waals surface area contributed by atoms with Crippen LogP contribution in [0.1, 0.15) is 30.8 Å². The van der Waals surface area contributed by atoms with Crippen molar-refractivity contribution in [2.45, 2.75) is 40.0 Å². The summed E-state index contributed by atoms with van der Waals surface area (Å²) in [6, 6.07) is 8.03. The van der Waals surface area contributed by atoms with Crippen molar-refractivity contribution in [1.29, 1.82) is 0 Å². The van der Waals surface area contributed by atoms with Crippen LogP contribution >= 0.6 is 11.6 Å². The highest BCUT2D eigenvalue weighted by Gasteiger charge is 2.15. The summed E-state index contributed by atoms with van der Waals surface area (Å²) >= 11 is 6.40. The van der Waals surface area contributed by atoms with E-state index in [1.54, 1.807) is 0 Å². The second kappa shape index (κ2) is 7.48. The van der Waals surface area contributed by atoms with E-state index < -0.39 is 0 Å². The van der Waals surface area contributed by atoms with Crippen molar-refractivity contribution in [3.05, 3.63) is 46.2 Å². The SMILES string of the molecule is CCc1nn(CC)c(COc2ccccc2CNC)c1Cl. The first-order valence-electron chi connectivity index (χ1n) is 7.30. The average Bonchev–Trinajstić information content (AvgIpc) is 2.82. The lowest BCUT2D eigenvalue weighted by Crippen LogP contribution is -2.10. The molecule has 0 radical (unpaired) electrons. The van der Waals surface area contributed by atoms with Gasteiger partial charge in [0.05, 0.1) is 16.4 Å². The lowest BCUT2D eigenvalue weighted by Gasteiger charge is -2.12. The van der Waals surface area contributed by atoms with Gasteiger partial charge in [-0.25, -0.2) is 0 Å². The van der Waals surface area contributed by atoms with Crippen LogP contribution in [0.5, 0.6) is 5.75 Å². The molecule has 1 aromatic heterocycles. The predicted octanol–water partition coefficient (Wildman–Crippen LogP) is 3.42. The molecule has 5 heteroatoms. The number of aromatic nitrogens is 2. The molecule has 0 aliphatic carbocycles. The lowest BCUT2D eigenvalue weighted by molar-refractivity contribution is 0.289. The molecule has 0 atom stereocenters. The van der Waals surface area contributed by atoms with Crippen LogP contribution in [-0.2, 0) is 26.1 Å². The van der Waals surface area contributed by atoms with Crippen molar-refractivity contribution in [3.8, 4) is 5.75 Å². The molecule has 114 valence electrons. The Morgan fingerprint density at radius 3 is 2.71 bits per heavy atom. The van der Waals surface area contributed by atoms with Crippen LogP contribution in [0, 0.1) is 0 Å². The zero-order valence-corrected chi connectivity index (χ0v) is 13.6. The molecule has 0 saturated heterocycles. The number of aryl methyl sites for hydroxylation is 2. The Morgan fingerprint density at radius 2 is 2.05 bits per heavy atom. The van der Waals surface area contributed by atoms with Gasteiger partial charge < -0.3 is 10.1 Å². The van der Waals surface area contributed by atoms with Gasteiger partial charge in [0.1, 0.15) is 12.4 Å². The summed E-state index contributed by atoms with van der Waals surface area (Å²) in [7, 11) is 1.92. The molecule has 0 aliphatic rings. The Morgan fingerprint density at radius 1 is 1.29 bits per heavy atom. The van der Waals surface area contributed by atoms with E-state index in [-0.39, 0.29) is 0 Å². The molecule has 2 rings (SSSR count). The van der Waals surface area contributed by atoms with Gasteiger partial charge in [-0.2, -0.15) is 5.10 Å². The summed E-state index contributed by atoms with van der Waals surface area (Å²) in [5.41, 5.74) is 3.00. The third kappa shape index (κ3) is 3.57. The van der Waals surface area contributed by atoms with E-state index >= 15 is 0 Å². The summed E-state index contributed by atoms with van der Waals surface area (Å²) < 4.78 is 7.89. The largest absolute Gasteiger partial charge is 0.487 e. The Hall–Kier alpha value is -1.52. The maximum absolute atomic E-state index is 6.40. The number of hydrogen-bond donors (Lipinski definition) is 1. The molecule has 0 aliphatic heterocycles. The van der Waals surface area contributed by atoms with Gasteiger partial charge in [-0.3, -0.25) is 4.68 Å². The second-order valence-electron chi connectivity index (χ2n) is 4.80. The van der Waals surface area contributed by atoms with Crippen molar-refractivity contribution in [2.24, 2.45) is 0 Å². The number of hydrogen-bond acceptors (Lipinski definition) is 3. The van der Waals surface area contributed by atoms with Crippen LogP contribution in [0.3, 0.4) is 0 Å². The van der Waals surface area contributed by atoms with E-state index in [1.165, 1.54) is 0 Å². The topological polar surface area (TPSA) is 39.1 Å². The second-order valence-corrected chi connectivity index (χ2v) is 5.18. The number of rotatable bonds is 7. The summed E-state index contributed by atoms with van der Waals surface area (Å²) in [6.45, 7) is 6.11. The van der Waals surface area contributed by atoms with Crippen LogP contribution in [0.4, 0.5) is 0 Å². The third-order valence-electron chi connectivity index (χ3n) is 3.40. The average molecular weight is 308 g/mol. The van der Waals surface area contributed by atoms with Crippen LogP contribution in [0.15, 0.2) is 24.3 Å². The summed E-state index contributed by atoms with van der Waals surface area (Å²) in [4.78, 5) is 0. The summed E-state index contributed by atoms with van der Waals surface area (Å²) in [5.74, 6) is 0.879. The molecule has 0 bridgehead atoms.